The minimum Gasteiger partial charge on any atom is -0.508 e. The van der Waals surface area contributed by atoms with Crippen LogP contribution in [-0.4, -0.2) is 40.1 Å². The monoisotopic (exact) mass is 437 g/mol. The van der Waals surface area contributed by atoms with E-state index >= 15 is 0 Å². The third-order valence-electron chi connectivity index (χ3n) is 4.31. The minimum absolute atomic E-state index is 0.00279. The highest BCUT2D eigenvalue weighted by atomic mass is 16.6. The number of para-hydroxylation sites is 1. The molecule has 0 radical (unpaired) electrons. The molecule has 0 fully saturated rings. The molecule has 8 heteroatoms. The molecule has 3 amide bonds. The number of alkyl carbamates (subject to hydrolysis) is 1. The van der Waals surface area contributed by atoms with E-state index in [0.717, 1.165) is 10.5 Å². The van der Waals surface area contributed by atoms with E-state index in [2.05, 4.69) is 16.7 Å². The van der Waals surface area contributed by atoms with Crippen LogP contribution < -0.4 is 10.6 Å². The van der Waals surface area contributed by atoms with Crippen molar-refractivity contribution in [3.8, 4) is 18.2 Å². The summed E-state index contributed by atoms with van der Waals surface area (Å²) < 4.78 is 5.12. The molecule has 2 aromatic carbocycles. The first-order valence-electron chi connectivity index (χ1n) is 9.92. The number of carbonyl (C=O) groups is 3. The molecule has 0 aromatic heterocycles. The van der Waals surface area contributed by atoms with Crippen LogP contribution in [0.3, 0.4) is 0 Å². The number of aromatic hydroxyl groups is 1. The van der Waals surface area contributed by atoms with E-state index in [-0.39, 0.29) is 5.75 Å². The molecule has 3 N–H and O–H groups in total. The molecule has 1 atom stereocenters. The zero-order valence-electron chi connectivity index (χ0n) is 18.5. The highest BCUT2D eigenvalue weighted by molar-refractivity contribution is 5.99. The van der Waals surface area contributed by atoms with Crippen LogP contribution in [0, 0.1) is 19.4 Å². The maximum absolute atomic E-state index is 13.2. The molecule has 168 valence electrons. The number of rotatable bonds is 6. The second-order valence-electron chi connectivity index (χ2n) is 8.05. The minimum atomic E-state index is -1.20. The Labute approximate surface area is 187 Å². The van der Waals surface area contributed by atoms with Gasteiger partial charge in [-0.25, -0.2) is 4.79 Å². The first kappa shape index (κ1) is 24.3. The average molecular weight is 437 g/mol. The lowest BCUT2D eigenvalue weighted by atomic mass is 10.0. The topological polar surface area (TPSA) is 108 Å². The van der Waals surface area contributed by atoms with Gasteiger partial charge in [0, 0.05) is 11.7 Å². The van der Waals surface area contributed by atoms with Crippen molar-refractivity contribution in [2.75, 3.05) is 11.9 Å². The maximum Gasteiger partial charge on any atom is 0.408 e. The van der Waals surface area contributed by atoms with Crippen molar-refractivity contribution in [1.82, 2.24) is 10.2 Å². The van der Waals surface area contributed by atoms with Crippen LogP contribution in [0.2, 0.25) is 0 Å². The number of benzene rings is 2. The van der Waals surface area contributed by atoms with Gasteiger partial charge in [0.1, 0.15) is 23.9 Å². The zero-order valence-corrected chi connectivity index (χ0v) is 18.5. The van der Waals surface area contributed by atoms with Crippen molar-refractivity contribution in [1.29, 1.82) is 0 Å². The van der Waals surface area contributed by atoms with Crippen LogP contribution >= 0.6 is 0 Å². The molecule has 0 aliphatic rings. The number of hydrogen-bond acceptors (Lipinski definition) is 5. The van der Waals surface area contributed by atoms with Gasteiger partial charge < -0.3 is 20.5 Å². The van der Waals surface area contributed by atoms with Crippen molar-refractivity contribution < 1.29 is 24.2 Å². The Kier molecular flexibility index (Phi) is 7.86. The average Bonchev–Trinajstić information content (AvgIpc) is 2.71. The third-order valence-corrected chi connectivity index (χ3v) is 4.31. The zero-order chi connectivity index (χ0) is 23.9. The SMILES string of the molecule is C#CN(C(=O)CNC(=O)OC(C)(C)C)C(C(=O)Nc1ccccc1C)c1ccc(O)cc1. The van der Waals surface area contributed by atoms with Crippen molar-refractivity contribution >= 4 is 23.6 Å². The lowest BCUT2D eigenvalue weighted by Crippen LogP contribution is -2.44. The Hall–Kier alpha value is -3.99. The summed E-state index contributed by atoms with van der Waals surface area (Å²) in [6, 6.07) is 14.0. The second-order valence-corrected chi connectivity index (χ2v) is 8.05. The molecule has 0 heterocycles. The van der Waals surface area contributed by atoms with Gasteiger partial charge >= 0.3 is 6.09 Å². The van der Waals surface area contributed by atoms with Crippen LogP contribution in [0.5, 0.6) is 5.75 Å². The van der Waals surface area contributed by atoms with Crippen LogP contribution in [0.1, 0.15) is 37.9 Å². The Morgan fingerprint density at radius 3 is 2.31 bits per heavy atom. The summed E-state index contributed by atoms with van der Waals surface area (Å²) >= 11 is 0. The van der Waals surface area contributed by atoms with Gasteiger partial charge in [-0.1, -0.05) is 36.8 Å². The van der Waals surface area contributed by atoms with Crippen LogP contribution in [0.25, 0.3) is 0 Å². The Bertz CT molecular complexity index is 1020. The number of nitrogens with zero attached hydrogens (tertiary/aromatic N) is 1. The number of phenolic OH excluding ortho intramolecular Hbond substituents is 1. The summed E-state index contributed by atoms with van der Waals surface area (Å²) in [5.41, 5.74) is 1.05. The molecule has 0 bridgehead atoms. The van der Waals surface area contributed by atoms with E-state index in [9.17, 15) is 19.5 Å². The van der Waals surface area contributed by atoms with E-state index in [4.69, 9.17) is 11.2 Å². The largest absolute Gasteiger partial charge is 0.508 e. The van der Waals surface area contributed by atoms with Gasteiger partial charge in [0.2, 0.25) is 0 Å². The molecule has 32 heavy (non-hydrogen) atoms. The highest BCUT2D eigenvalue weighted by Crippen LogP contribution is 2.25. The number of terminal acetylenes is 1. The molecule has 1 unspecified atom stereocenters. The Morgan fingerprint density at radius 1 is 1.12 bits per heavy atom. The molecule has 0 saturated heterocycles. The van der Waals surface area contributed by atoms with Gasteiger partial charge in [0.25, 0.3) is 11.8 Å². The van der Waals surface area contributed by atoms with Crippen molar-refractivity contribution in [3.63, 3.8) is 0 Å². The first-order valence-corrected chi connectivity index (χ1v) is 9.92. The standard InChI is InChI=1S/C24H27N3O5/c1-6-27(20(29)15-25-23(31)32-24(3,4)5)21(17-11-13-18(28)14-12-17)22(30)26-19-10-8-7-9-16(19)2/h1,7-14,21,28H,15H2,2-5H3,(H,25,31)(H,26,30). The van der Waals surface area contributed by atoms with E-state index in [1.54, 1.807) is 32.9 Å². The summed E-state index contributed by atoms with van der Waals surface area (Å²) in [5, 5.41) is 14.7. The third kappa shape index (κ3) is 6.77. The van der Waals surface area contributed by atoms with E-state index in [1.807, 2.05) is 19.1 Å². The molecule has 8 nitrogen and oxygen atoms in total. The van der Waals surface area contributed by atoms with Crippen LogP contribution in [-0.2, 0) is 14.3 Å². The number of ether oxygens (including phenoxy) is 1. The van der Waals surface area contributed by atoms with Crippen LogP contribution in [0.15, 0.2) is 48.5 Å². The summed E-state index contributed by atoms with van der Waals surface area (Å²) in [4.78, 5) is 38.8. The first-order chi connectivity index (χ1) is 15.0. The fourth-order valence-electron chi connectivity index (χ4n) is 2.83. The number of phenols is 1. The lowest BCUT2D eigenvalue weighted by molar-refractivity contribution is -0.134. The summed E-state index contributed by atoms with van der Waals surface area (Å²) in [7, 11) is 0. The predicted octanol–water partition coefficient (Wildman–Crippen LogP) is 3.32. The van der Waals surface area contributed by atoms with Gasteiger partial charge in [0.05, 0.1) is 0 Å². The van der Waals surface area contributed by atoms with E-state index < -0.39 is 36.1 Å². The van der Waals surface area contributed by atoms with Crippen molar-refractivity contribution in [2.24, 2.45) is 0 Å². The van der Waals surface area contributed by atoms with Crippen LogP contribution in [0.4, 0.5) is 10.5 Å². The van der Waals surface area contributed by atoms with Gasteiger partial charge in [-0.2, -0.15) is 0 Å². The quantitative estimate of drug-likeness (QED) is 0.475. The Balaban J connectivity index is 2.28. The summed E-state index contributed by atoms with van der Waals surface area (Å²) in [6.45, 7) is 6.45. The number of nitrogens with one attached hydrogen (secondary N) is 2. The van der Waals surface area contributed by atoms with E-state index in [0.29, 0.717) is 11.3 Å². The lowest BCUT2D eigenvalue weighted by Gasteiger charge is -2.27. The molecule has 2 rings (SSSR count). The van der Waals surface area contributed by atoms with Crippen molar-refractivity contribution in [3.05, 3.63) is 59.7 Å². The number of hydrogen-bond donors (Lipinski definition) is 3. The number of anilines is 1. The molecular weight excluding hydrogens is 410 g/mol. The molecule has 0 spiro atoms. The summed E-state index contributed by atoms with van der Waals surface area (Å²) in [6.07, 6.45) is 4.81. The smallest absolute Gasteiger partial charge is 0.408 e. The second kappa shape index (κ2) is 10.4. The molecular formula is C24H27N3O5. The summed E-state index contributed by atoms with van der Waals surface area (Å²) in [5.74, 6) is -1.23. The fourth-order valence-corrected chi connectivity index (χ4v) is 2.83. The van der Waals surface area contributed by atoms with Gasteiger partial charge in [-0.3, -0.25) is 14.5 Å². The highest BCUT2D eigenvalue weighted by Gasteiger charge is 2.31. The molecule has 0 saturated carbocycles. The number of aryl methyl sites for hydroxylation is 1. The normalized spacial score (nSPS) is 11.6. The van der Waals surface area contributed by atoms with Gasteiger partial charge in [0.15, 0.2) is 0 Å². The molecule has 2 aromatic rings. The Morgan fingerprint density at radius 2 is 1.75 bits per heavy atom. The van der Waals surface area contributed by atoms with Gasteiger partial charge in [-0.15, -0.1) is 0 Å². The predicted molar refractivity (Wildman–Crippen MR) is 121 cm³/mol. The fraction of sp³-hybridized carbons (Fsp3) is 0.292. The van der Waals surface area contributed by atoms with Gasteiger partial charge in [-0.05, 0) is 57.0 Å². The number of amides is 3. The number of carbonyl (C=O) groups excluding carboxylic acids is 3. The maximum atomic E-state index is 13.2. The van der Waals surface area contributed by atoms with Crippen molar-refractivity contribution in [2.45, 2.75) is 39.3 Å². The molecule has 0 aliphatic carbocycles. The molecule has 0 aliphatic heterocycles. The van der Waals surface area contributed by atoms with E-state index in [1.165, 1.54) is 24.3 Å².